The number of rotatable bonds is 5. The lowest BCUT2D eigenvalue weighted by atomic mass is 10.1. The van der Waals surface area contributed by atoms with Crippen molar-refractivity contribution in [2.45, 2.75) is 17.9 Å². The van der Waals surface area contributed by atoms with Gasteiger partial charge < -0.3 is 14.2 Å². The van der Waals surface area contributed by atoms with Gasteiger partial charge in [-0.15, -0.1) is 11.8 Å². The summed E-state index contributed by atoms with van der Waals surface area (Å²) in [5.41, 5.74) is 0.754. The van der Waals surface area contributed by atoms with Crippen LogP contribution >= 0.6 is 11.8 Å². The van der Waals surface area contributed by atoms with Crippen LogP contribution in [0, 0.1) is 6.92 Å². The Labute approximate surface area is 144 Å². The van der Waals surface area contributed by atoms with Crippen LogP contribution in [0.5, 0.6) is 5.75 Å². The van der Waals surface area contributed by atoms with E-state index in [-0.39, 0.29) is 17.6 Å². The number of hydrogen-bond donors (Lipinski definition) is 0. The predicted molar refractivity (Wildman–Crippen MR) is 92.4 cm³/mol. The zero-order valence-corrected chi connectivity index (χ0v) is 14.5. The minimum absolute atomic E-state index is 0.0496. The van der Waals surface area contributed by atoms with Crippen LogP contribution in [0.15, 0.2) is 46.3 Å². The van der Waals surface area contributed by atoms with Crippen molar-refractivity contribution in [1.29, 1.82) is 0 Å². The SMILES string of the molecule is Cc1cc(OC2CN(C(=O)CSc3ccncc3)C2)cc(=O)n1C. The summed E-state index contributed by atoms with van der Waals surface area (Å²) in [6.07, 6.45) is 3.38. The van der Waals surface area contributed by atoms with E-state index in [1.54, 1.807) is 28.9 Å². The van der Waals surface area contributed by atoms with Crippen LogP contribution in [0.4, 0.5) is 0 Å². The first-order chi connectivity index (χ1) is 11.5. The van der Waals surface area contributed by atoms with Crippen molar-refractivity contribution < 1.29 is 9.53 Å². The van der Waals surface area contributed by atoms with E-state index in [1.807, 2.05) is 25.1 Å². The van der Waals surface area contributed by atoms with Gasteiger partial charge in [0, 0.05) is 36.1 Å². The van der Waals surface area contributed by atoms with Crippen LogP contribution in [-0.4, -0.2) is 45.3 Å². The second-order valence-electron chi connectivity index (χ2n) is 5.74. The molecule has 1 aliphatic rings. The maximum atomic E-state index is 12.1. The van der Waals surface area contributed by atoms with E-state index < -0.39 is 0 Å². The minimum atomic E-state index is -0.0917. The van der Waals surface area contributed by atoms with Gasteiger partial charge >= 0.3 is 0 Å². The van der Waals surface area contributed by atoms with Gasteiger partial charge in [0.15, 0.2) is 0 Å². The quantitative estimate of drug-likeness (QED) is 0.768. The monoisotopic (exact) mass is 345 g/mol. The zero-order chi connectivity index (χ0) is 17.1. The summed E-state index contributed by atoms with van der Waals surface area (Å²) >= 11 is 1.50. The summed E-state index contributed by atoms with van der Waals surface area (Å²) in [4.78, 5) is 30.6. The number of nitrogens with zero attached hydrogens (tertiary/aromatic N) is 3. The molecule has 0 radical (unpaired) electrons. The standard InChI is InChI=1S/C17H19N3O3S/c1-12-7-13(8-16(21)19(12)2)23-14-9-20(10-14)17(22)11-24-15-3-5-18-6-4-15/h3-8,14H,9-11H2,1-2H3. The topological polar surface area (TPSA) is 64.4 Å². The van der Waals surface area contributed by atoms with Gasteiger partial charge in [-0.2, -0.15) is 0 Å². The van der Waals surface area contributed by atoms with E-state index >= 15 is 0 Å². The Morgan fingerprint density at radius 1 is 1.33 bits per heavy atom. The van der Waals surface area contributed by atoms with Gasteiger partial charge in [-0.3, -0.25) is 14.6 Å². The summed E-state index contributed by atoms with van der Waals surface area (Å²) in [7, 11) is 1.73. The van der Waals surface area contributed by atoms with Crippen LogP contribution in [0.25, 0.3) is 0 Å². The molecule has 7 heteroatoms. The number of carbonyl (C=O) groups is 1. The summed E-state index contributed by atoms with van der Waals surface area (Å²) < 4.78 is 7.36. The van der Waals surface area contributed by atoms with Crippen molar-refractivity contribution in [2.24, 2.45) is 7.05 Å². The van der Waals surface area contributed by atoms with Crippen molar-refractivity contribution >= 4 is 17.7 Å². The molecule has 1 saturated heterocycles. The van der Waals surface area contributed by atoms with Gasteiger partial charge in [0.1, 0.15) is 11.9 Å². The molecule has 1 amide bonds. The molecule has 1 fully saturated rings. The van der Waals surface area contributed by atoms with E-state index in [0.717, 1.165) is 10.6 Å². The highest BCUT2D eigenvalue weighted by Crippen LogP contribution is 2.21. The number of aryl methyl sites for hydroxylation is 1. The van der Waals surface area contributed by atoms with E-state index in [4.69, 9.17) is 4.74 Å². The first kappa shape index (κ1) is 16.6. The molecule has 6 nitrogen and oxygen atoms in total. The Morgan fingerprint density at radius 2 is 2.04 bits per heavy atom. The molecule has 0 saturated carbocycles. The molecular formula is C17H19N3O3S. The number of aromatic nitrogens is 2. The van der Waals surface area contributed by atoms with Gasteiger partial charge in [-0.1, -0.05) is 0 Å². The van der Waals surface area contributed by atoms with E-state index in [0.29, 0.717) is 24.6 Å². The third kappa shape index (κ3) is 3.79. The molecule has 0 spiro atoms. The van der Waals surface area contributed by atoms with Crippen LogP contribution in [0.2, 0.25) is 0 Å². The number of pyridine rings is 2. The largest absolute Gasteiger partial charge is 0.486 e. The maximum Gasteiger partial charge on any atom is 0.254 e. The Bertz CT molecular complexity index is 785. The van der Waals surface area contributed by atoms with E-state index in [1.165, 1.54) is 17.8 Å². The number of likely N-dealkylation sites (tertiary alicyclic amines) is 1. The minimum Gasteiger partial charge on any atom is -0.486 e. The van der Waals surface area contributed by atoms with Gasteiger partial charge in [0.25, 0.3) is 5.56 Å². The van der Waals surface area contributed by atoms with Crippen molar-refractivity contribution in [3.63, 3.8) is 0 Å². The van der Waals surface area contributed by atoms with Crippen LogP contribution in [0.3, 0.4) is 0 Å². The Morgan fingerprint density at radius 3 is 2.71 bits per heavy atom. The molecule has 3 rings (SSSR count). The number of thioether (sulfide) groups is 1. The molecule has 2 aromatic rings. The number of carbonyl (C=O) groups excluding carboxylic acids is 1. The fourth-order valence-corrected chi connectivity index (χ4v) is 3.17. The normalized spacial score (nSPS) is 14.3. The molecular weight excluding hydrogens is 326 g/mol. The van der Waals surface area contributed by atoms with Gasteiger partial charge in [-0.05, 0) is 25.1 Å². The lowest BCUT2D eigenvalue weighted by Gasteiger charge is -2.39. The number of hydrogen-bond acceptors (Lipinski definition) is 5. The van der Waals surface area contributed by atoms with Crippen molar-refractivity contribution in [2.75, 3.05) is 18.8 Å². The zero-order valence-electron chi connectivity index (χ0n) is 13.6. The highest BCUT2D eigenvalue weighted by Gasteiger charge is 2.32. The fraction of sp³-hybridized carbons (Fsp3) is 0.353. The molecule has 1 aliphatic heterocycles. The Hall–Kier alpha value is -2.28. The lowest BCUT2D eigenvalue weighted by Crippen LogP contribution is -2.56. The van der Waals surface area contributed by atoms with Crippen molar-refractivity contribution in [3.05, 3.63) is 52.7 Å². The Kier molecular flexibility index (Phi) is 4.89. The molecule has 0 bridgehead atoms. The van der Waals surface area contributed by atoms with Gasteiger partial charge in [-0.25, -0.2) is 0 Å². The highest BCUT2D eigenvalue weighted by molar-refractivity contribution is 8.00. The summed E-state index contributed by atoms with van der Waals surface area (Å²) in [6.45, 7) is 2.98. The van der Waals surface area contributed by atoms with Crippen LogP contribution in [-0.2, 0) is 11.8 Å². The lowest BCUT2D eigenvalue weighted by molar-refractivity contribution is -0.137. The van der Waals surface area contributed by atoms with E-state index in [2.05, 4.69) is 4.98 Å². The molecule has 0 aromatic carbocycles. The highest BCUT2D eigenvalue weighted by atomic mass is 32.2. The molecule has 0 atom stereocenters. The van der Waals surface area contributed by atoms with Gasteiger partial charge in [0.2, 0.25) is 5.91 Å². The predicted octanol–water partition coefficient (Wildman–Crippen LogP) is 1.47. The second kappa shape index (κ2) is 7.09. The van der Waals surface area contributed by atoms with Crippen LogP contribution < -0.4 is 10.3 Å². The summed E-state index contributed by atoms with van der Waals surface area (Å²) in [6, 6.07) is 7.10. The van der Waals surface area contributed by atoms with E-state index in [9.17, 15) is 9.59 Å². The molecule has 126 valence electrons. The first-order valence-electron chi connectivity index (χ1n) is 7.68. The van der Waals surface area contributed by atoms with Crippen LogP contribution in [0.1, 0.15) is 5.69 Å². The third-order valence-corrected chi connectivity index (χ3v) is 4.99. The Balaban J connectivity index is 1.47. The van der Waals surface area contributed by atoms with Crippen molar-refractivity contribution in [3.8, 4) is 5.75 Å². The third-order valence-electron chi connectivity index (χ3n) is 3.99. The summed E-state index contributed by atoms with van der Waals surface area (Å²) in [5.74, 6) is 1.07. The average molecular weight is 345 g/mol. The fourth-order valence-electron chi connectivity index (χ4n) is 2.38. The number of ether oxygens (including phenoxy) is 1. The first-order valence-corrected chi connectivity index (χ1v) is 8.66. The van der Waals surface area contributed by atoms with Gasteiger partial charge in [0.05, 0.1) is 18.8 Å². The molecule has 0 N–H and O–H groups in total. The molecule has 3 heterocycles. The smallest absolute Gasteiger partial charge is 0.254 e. The maximum absolute atomic E-state index is 12.1. The number of amides is 1. The molecule has 0 unspecified atom stereocenters. The van der Waals surface area contributed by atoms with Crippen molar-refractivity contribution in [1.82, 2.24) is 14.5 Å². The molecule has 0 aliphatic carbocycles. The second-order valence-corrected chi connectivity index (χ2v) is 6.79. The molecule has 2 aromatic heterocycles. The average Bonchev–Trinajstić information content (AvgIpc) is 2.54. The summed E-state index contributed by atoms with van der Waals surface area (Å²) in [5, 5.41) is 0. The molecule has 24 heavy (non-hydrogen) atoms.